The van der Waals surface area contributed by atoms with Crippen molar-refractivity contribution in [3.63, 3.8) is 0 Å². The molecule has 4 heteroatoms. The van der Waals surface area contributed by atoms with Crippen molar-refractivity contribution in [1.82, 2.24) is 0 Å². The van der Waals surface area contributed by atoms with E-state index in [0.29, 0.717) is 25.4 Å². The number of ether oxygens (including phenoxy) is 1. The van der Waals surface area contributed by atoms with E-state index in [4.69, 9.17) is 9.84 Å². The molecule has 0 spiro atoms. The van der Waals surface area contributed by atoms with Crippen LogP contribution in [0, 0.1) is 5.92 Å². The molecule has 0 fully saturated rings. The number of hydrogen-bond acceptors (Lipinski definition) is 3. The monoisotopic (exact) mass is 272 g/mol. The molecule has 0 aliphatic carbocycles. The molecule has 0 radical (unpaired) electrons. The highest BCUT2D eigenvalue weighted by Crippen LogP contribution is 2.13. The number of hydrogen-bond donors (Lipinski definition) is 2. The third kappa shape index (κ3) is 9.68. The van der Waals surface area contributed by atoms with E-state index in [1.807, 2.05) is 0 Å². The SMILES string of the molecule is C=C(CCC(O)COCC(CC)CCCC)C(=O)O. The molecule has 112 valence electrons. The van der Waals surface area contributed by atoms with Gasteiger partial charge in [-0.3, -0.25) is 0 Å². The van der Waals surface area contributed by atoms with Gasteiger partial charge < -0.3 is 14.9 Å². The summed E-state index contributed by atoms with van der Waals surface area (Å²) in [6, 6.07) is 0. The van der Waals surface area contributed by atoms with Gasteiger partial charge >= 0.3 is 5.97 Å². The van der Waals surface area contributed by atoms with Gasteiger partial charge in [-0.2, -0.15) is 0 Å². The number of unbranched alkanes of at least 4 members (excludes halogenated alkanes) is 1. The summed E-state index contributed by atoms with van der Waals surface area (Å²) in [6.45, 7) is 8.70. The lowest BCUT2D eigenvalue weighted by atomic mass is 10.0. The molecule has 4 nitrogen and oxygen atoms in total. The van der Waals surface area contributed by atoms with Gasteiger partial charge in [0.1, 0.15) is 0 Å². The Morgan fingerprint density at radius 2 is 1.95 bits per heavy atom. The lowest BCUT2D eigenvalue weighted by Crippen LogP contribution is -2.19. The van der Waals surface area contributed by atoms with E-state index >= 15 is 0 Å². The van der Waals surface area contributed by atoms with Crippen molar-refractivity contribution in [3.8, 4) is 0 Å². The van der Waals surface area contributed by atoms with Crippen molar-refractivity contribution in [2.75, 3.05) is 13.2 Å². The number of carboxylic acid groups (broad SMARTS) is 1. The number of aliphatic hydroxyl groups excluding tert-OH is 1. The standard InChI is InChI=1S/C15H28O4/c1-4-6-7-13(5-2)10-19-11-14(16)9-8-12(3)15(17)18/h13-14,16H,3-11H2,1-2H3,(H,17,18). The van der Waals surface area contributed by atoms with E-state index in [-0.39, 0.29) is 12.2 Å². The van der Waals surface area contributed by atoms with E-state index in [2.05, 4.69) is 20.4 Å². The van der Waals surface area contributed by atoms with Crippen LogP contribution in [0.15, 0.2) is 12.2 Å². The highest BCUT2D eigenvalue weighted by molar-refractivity contribution is 5.85. The van der Waals surface area contributed by atoms with Crippen molar-refractivity contribution < 1.29 is 19.7 Å². The number of carbonyl (C=O) groups is 1. The molecule has 19 heavy (non-hydrogen) atoms. The predicted octanol–water partition coefficient (Wildman–Crippen LogP) is 3.00. The minimum absolute atomic E-state index is 0.133. The third-order valence-corrected chi connectivity index (χ3v) is 3.29. The number of aliphatic hydroxyl groups is 1. The van der Waals surface area contributed by atoms with Gasteiger partial charge in [0.25, 0.3) is 0 Å². The average molecular weight is 272 g/mol. The fourth-order valence-corrected chi connectivity index (χ4v) is 1.80. The molecule has 0 heterocycles. The second-order valence-electron chi connectivity index (χ2n) is 5.06. The zero-order chi connectivity index (χ0) is 14.7. The van der Waals surface area contributed by atoms with E-state index in [1.54, 1.807) is 0 Å². The molecular formula is C15H28O4. The Hall–Kier alpha value is -0.870. The maximum atomic E-state index is 10.5. The molecule has 0 aromatic rings. The summed E-state index contributed by atoms with van der Waals surface area (Å²) in [7, 11) is 0. The minimum atomic E-state index is -1.00. The van der Waals surface area contributed by atoms with Gasteiger partial charge in [0.05, 0.1) is 12.7 Å². The first-order valence-corrected chi connectivity index (χ1v) is 7.18. The Labute approximate surface area is 116 Å². The Bertz CT molecular complexity index is 263. The molecule has 2 N–H and O–H groups in total. The van der Waals surface area contributed by atoms with Gasteiger partial charge in [0, 0.05) is 12.2 Å². The molecule has 0 aliphatic heterocycles. The fraction of sp³-hybridized carbons (Fsp3) is 0.800. The smallest absolute Gasteiger partial charge is 0.330 e. The highest BCUT2D eigenvalue weighted by Gasteiger charge is 2.11. The quantitative estimate of drug-likeness (QED) is 0.536. The fourth-order valence-electron chi connectivity index (χ4n) is 1.80. The molecular weight excluding hydrogens is 244 g/mol. The summed E-state index contributed by atoms with van der Waals surface area (Å²) in [4.78, 5) is 10.5. The van der Waals surface area contributed by atoms with Crippen LogP contribution in [-0.4, -0.2) is 35.5 Å². The summed E-state index contributed by atoms with van der Waals surface area (Å²) >= 11 is 0. The molecule has 0 saturated heterocycles. The molecule has 2 unspecified atom stereocenters. The van der Waals surface area contributed by atoms with Gasteiger partial charge in [0.15, 0.2) is 0 Å². The van der Waals surface area contributed by atoms with E-state index in [1.165, 1.54) is 19.3 Å². The highest BCUT2D eigenvalue weighted by atomic mass is 16.5. The van der Waals surface area contributed by atoms with Crippen LogP contribution < -0.4 is 0 Å². The molecule has 2 atom stereocenters. The molecule has 0 rings (SSSR count). The van der Waals surface area contributed by atoms with Crippen molar-refractivity contribution in [3.05, 3.63) is 12.2 Å². The third-order valence-electron chi connectivity index (χ3n) is 3.29. The predicted molar refractivity (Wildman–Crippen MR) is 76.1 cm³/mol. The summed E-state index contributed by atoms with van der Waals surface area (Å²) in [5, 5.41) is 18.3. The Kier molecular flexibility index (Phi) is 10.5. The molecule has 0 saturated carbocycles. The summed E-state index contributed by atoms with van der Waals surface area (Å²) in [6.07, 6.45) is 4.73. The van der Waals surface area contributed by atoms with Gasteiger partial charge in [-0.15, -0.1) is 0 Å². The molecule has 0 aromatic carbocycles. The van der Waals surface area contributed by atoms with Crippen LogP contribution in [0.4, 0.5) is 0 Å². The molecule has 0 bridgehead atoms. The van der Waals surface area contributed by atoms with Crippen molar-refractivity contribution in [1.29, 1.82) is 0 Å². The molecule has 0 amide bonds. The Balaban J connectivity index is 3.69. The molecule has 0 aromatic heterocycles. The maximum absolute atomic E-state index is 10.5. The van der Waals surface area contributed by atoms with Crippen molar-refractivity contribution >= 4 is 5.97 Å². The Morgan fingerprint density at radius 1 is 1.26 bits per heavy atom. The van der Waals surface area contributed by atoms with Crippen LogP contribution >= 0.6 is 0 Å². The van der Waals surface area contributed by atoms with Crippen molar-refractivity contribution in [2.24, 2.45) is 5.92 Å². The normalized spacial score (nSPS) is 14.1. The Morgan fingerprint density at radius 3 is 2.47 bits per heavy atom. The van der Waals surface area contributed by atoms with Crippen LogP contribution in [0.2, 0.25) is 0 Å². The van der Waals surface area contributed by atoms with Crippen LogP contribution in [0.1, 0.15) is 52.4 Å². The van der Waals surface area contributed by atoms with Crippen molar-refractivity contribution in [2.45, 2.75) is 58.5 Å². The second-order valence-corrected chi connectivity index (χ2v) is 5.06. The van der Waals surface area contributed by atoms with E-state index < -0.39 is 12.1 Å². The number of aliphatic carboxylic acids is 1. The van der Waals surface area contributed by atoms with E-state index in [9.17, 15) is 9.90 Å². The van der Waals surface area contributed by atoms with Crippen LogP contribution in [0.25, 0.3) is 0 Å². The number of carboxylic acids is 1. The maximum Gasteiger partial charge on any atom is 0.330 e. The van der Waals surface area contributed by atoms with Crippen LogP contribution in [-0.2, 0) is 9.53 Å². The van der Waals surface area contributed by atoms with Gasteiger partial charge in [-0.1, -0.05) is 39.7 Å². The van der Waals surface area contributed by atoms with E-state index in [0.717, 1.165) is 6.42 Å². The average Bonchev–Trinajstić information content (AvgIpc) is 2.39. The topological polar surface area (TPSA) is 66.8 Å². The van der Waals surface area contributed by atoms with Gasteiger partial charge in [-0.05, 0) is 25.2 Å². The molecule has 0 aliphatic rings. The van der Waals surface area contributed by atoms with Gasteiger partial charge in [0.2, 0.25) is 0 Å². The second kappa shape index (κ2) is 11.0. The summed E-state index contributed by atoms with van der Waals surface area (Å²) < 4.78 is 5.51. The zero-order valence-electron chi connectivity index (χ0n) is 12.2. The van der Waals surface area contributed by atoms with Crippen LogP contribution in [0.5, 0.6) is 0 Å². The van der Waals surface area contributed by atoms with Gasteiger partial charge in [-0.25, -0.2) is 4.79 Å². The van der Waals surface area contributed by atoms with Crippen LogP contribution in [0.3, 0.4) is 0 Å². The first kappa shape index (κ1) is 18.1. The zero-order valence-corrected chi connectivity index (χ0v) is 12.2. The summed E-state index contributed by atoms with van der Waals surface area (Å²) in [5.74, 6) is -0.445. The minimum Gasteiger partial charge on any atom is -0.478 e. The summed E-state index contributed by atoms with van der Waals surface area (Å²) in [5.41, 5.74) is 0.133. The first-order chi connectivity index (χ1) is 9.01. The lowest BCUT2D eigenvalue weighted by Gasteiger charge is -2.16. The largest absolute Gasteiger partial charge is 0.478 e. The number of rotatable bonds is 12. The first-order valence-electron chi connectivity index (χ1n) is 7.18. The lowest BCUT2D eigenvalue weighted by molar-refractivity contribution is -0.132.